The molecule has 0 radical (unpaired) electrons. The van der Waals surface area contributed by atoms with E-state index in [1.54, 1.807) is 6.92 Å². The summed E-state index contributed by atoms with van der Waals surface area (Å²) in [5.41, 5.74) is 2.19. The molecular weight excluding hydrogens is 196 g/mol. The average Bonchev–Trinajstić information content (AvgIpc) is 2.31. The number of carbonyl (C=O) groups excluding carboxylic acids is 1. The van der Waals surface area contributed by atoms with Crippen LogP contribution in [-0.2, 0) is 4.79 Å². The van der Waals surface area contributed by atoms with Crippen molar-refractivity contribution in [1.82, 2.24) is 0 Å². The number of hydrogen-bond donors (Lipinski definition) is 0. The summed E-state index contributed by atoms with van der Waals surface area (Å²) in [7, 11) is 0. The lowest BCUT2D eigenvalue weighted by Gasteiger charge is -2.13. The van der Waals surface area contributed by atoms with Gasteiger partial charge in [-0.2, -0.15) is 0 Å². The number of rotatable bonds is 2. The highest BCUT2D eigenvalue weighted by molar-refractivity contribution is 5.86. The average molecular weight is 210 g/mol. The van der Waals surface area contributed by atoms with Crippen LogP contribution in [0, 0.1) is 5.92 Å². The maximum atomic E-state index is 11.5. The molecule has 1 aliphatic rings. The molecule has 80 valence electrons. The molecule has 1 aromatic carbocycles. The quantitative estimate of drug-likeness (QED) is 0.731. The van der Waals surface area contributed by atoms with Crippen LogP contribution in [0.3, 0.4) is 0 Å². The number of hydrogen-bond acceptors (Lipinski definition) is 1. The van der Waals surface area contributed by atoms with Crippen molar-refractivity contribution >= 4 is 11.9 Å². The zero-order valence-corrected chi connectivity index (χ0v) is 9.26. The Labute approximate surface area is 95.8 Å². The van der Waals surface area contributed by atoms with Crippen molar-refractivity contribution in [3.63, 3.8) is 0 Å². The first-order chi connectivity index (χ1) is 7.77. The Morgan fingerprint density at radius 2 is 1.94 bits per heavy atom. The second-order valence-electron chi connectivity index (χ2n) is 3.89. The first-order valence-corrected chi connectivity index (χ1v) is 5.39. The van der Waals surface area contributed by atoms with Gasteiger partial charge in [0.15, 0.2) is 0 Å². The highest BCUT2D eigenvalue weighted by Gasteiger charge is 2.15. The van der Waals surface area contributed by atoms with E-state index in [0.29, 0.717) is 0 Å². The molecule has 1 aliphatic carbocycles. The Balaban J connectivity index is 2.32. The third kappa shape index (κ3) is 2.37. The van der Waals surface area contributed by atoms with Gasteiger partial charge in [-0.15, -0.1) is 0 Å². The highest BCUT2D eigenvalue weighted by atomic mass is 16.1. The van der Waals surface area contributed by atoms with Gasteiger partial charge in [0.05, 0.1) is 5.92 Å². The smallest absolute Gasteiger partial charge is 0.141 e. The molecule has 0 N–H and O–H groups in total. The van der Waals surface area contributed by atoms with Crippen molar-refractivity contribution in [1.29, 1.82) is 0 Å². The predicted octanol–water partition coefficient (Wildman–Crippen LogP) is 3.40. The largest absolute Gasteiger partial charge is 0.299 e. The Morgan fingerprint density at radius 1 is 1.19 bits per heavy atom. The summed E-state index contributed by atoms with van der Waals surface area (Å²) in [6.45, 7) is 1.63. The molecule has 16 heavy (non-hydrogen) atoms. The molecule has 1 unspecified atom stereocenters. The van der Waals surface area contributed by atoms with Crippen LogP contribution in [0.25, 0.3) is 6.08 Å². The Kier molecular flexibility index (Phi) is 3.16. The van der Waals surface area contributed by atoms with Gasteiger partial charge in [0.2, 0.25) is 0 Å². The van der Waals surface area contributed by atoms with Crippen LogP contribution in [0.1, 0.15) is 12.5 Å². The van der Waals surface area contributed by atoms with Gasteiger partial charge in [-0.1, -0.05) is 60.7 Å². The van der Waals surface area contributed by atoms with Crippen LogP contribution in [0.4, 0.5) is 0 Å². The van der Waals surface area contributed by atoms with Crippen molar-refractivity contribution < 1.29 is 4.79 Å². The van der Waals surface area contributed by atoms with Gasteiger partial charge in [0.1, 0.15) is 5.78 Å². The van der Waals surface area contributed by atoms with Gasteiger partial charge in [-0.3, -0.25) is 4.79 Å². The van der Waals surface area contributed by atoms with Crippen LogP contribution < -0.4 is 0 Å². The fourth-order valence-corrected chi connectivity index (χ4v) is 1.81. The summed E-state index contributed by atoms with van der Waals surface area (Å²) in [6, 6.07) is 10.1. The van der Waals surface area contributed by atoms with E-state index in [4.69, 9.17) is 0 Å². The van der Waals surface area contributed by atoms with Gasteiger partial charge in [0, 0.05) is 0 Å². The summed E-state index contributed by atoms with van der Waals surface area (Å²) < 4.78 is 0. The van der Waals surface area contributed by atoms with E-state index < -0.39 is 0 Å². The molecule has 0 saturated heterocycles. The van der Waals surface area contributed by atoms with E-state index >= 15 is 0 Å². The lowest BCUT2D eigenvalue weighted by Crippen LogP contribution is -2.11. The fraction of sp³-hybridized carbons (Fsp3) is 0.133. The Hall–Kier alpha value is -1.89. The van der Waals surface area contributed by atoms with Gasteiger partial charge in [-0.25, -0.2) is 0 Å². The topological polar surface area (TPSA) is 17.1 Å². The van der Waals surface area contributed by atoms with Crippen LogP contribution in [0.2, 0.25) is 0 Å². The molecule has 0 amide bonds. The lowest BCUT2D eigenvalue weighted by molar-refractivity contribution is -0.118. The number of Topliss-reactive ketones (excluding diaryl/α,β-unsaturated/α-hetero) is 1. The number of benzene rings is 1. The summed E-state index contributed by atoms with van der Waals surface area (Å²) in [5, 5.41) is 0. The molecular formula is C15H14O. The van der Waals surface area contributed by atoms with E-state index in [2.05, 4.69) is 6.08 Å². The minimum Gasteiger partial charge on any atom is -0.299 e. The normalized spacial score (nSPS) is 21.3. The van der Waals surface area contributed by atoms with E-state index in [1.807, 2.05) is 54.6 Å². The van der Waals surface area contributed by atoms with Gasteiger partial charge in [-0.05, 0) is 18.1 Å². The molecule has 0 fully saturated rings. The monoisotopic (exact) mass is 210 g/mol. The molecule has 1 aromatic rings. The maximum Gasteiger partial charge on any atom is 0.141 e. The van der Waals surface area contributed by atoms with Crippen LogP contribution in [0.5, 0.6) is 0 Å². The van der Waals surface area contributed by atoms with E-state index in [9.17, 15) is 4.79 Å². The lowest BCUT2D eigenvalue weighted by atomic mass is 9.90. The second-order valence-corrected chi connectivity index (χ2v) is 3.89. The van der Waals surface area contributed by atoms with E-state index in [-0.39, 0.29) is 11.7 Å². The fourth-order valence-electron chi connectivity index (χ4n) is 1.81. The van der Waals surface area contributed by atoms with Gasteiger partial charge >= 0.3 is 0 Å². The molecule has 0 bridgehead atoms. The van der Waals surface area contributed by atoms with Crippen molar-refractivity contribution in [3.8, 4) is 0 Å². The Morgan fingerprint density at radius 3 is 2.62 bits per heavy atom. The molecule has 1 atom stereocenters. The summed E-state index contributed by atoms with van der Waals surface area (Å²) in [4.78, 5) is 11.5. The summed E-state index contributed by atoms with van der Waals surface area (Å²) >= 11 is 0. The van der Waals surface area contributed by atoms with Crippen LogP contribution in [0.15, 0.2) is 60.2 Å². The van der Waals surface area contributed by atoms with Crippen molar-refractivity contribution in [3.05, 3.63) is 65.8 Å². The van der Waals surface area contributed by atoms with E-state index in [0.717, 1.165) is 11.1 Å². The number of allylic oxidation sites excluding steroid dienone is 5. The zero-order chi connectivity index (χ0) is 11.4. The third-order valence-corrected chi connectivity index (χ3v) is 2.63. The van der Waals surface area contributed by atoms with Gasteiger partial charge < -0.3 is 0 Å². The first kappa shape index (κ1) is 10.6. The molecule has 0 heterocycles. The predicted molar refractivity (Wildman–Crippen MR) is 66.9 cm³/mol. The highest BCUT2D eigenvalue weighted by Crippen LogP contribution is 2.22. The molecule has 1 heteroatoms. The standard InChI is InChI=1S/C15H14O/c1-12(16)15-10-6-5-9-14(15)11-13-7-3-2-4-8-13/h2-11,15H,1H3. The molecule has 1 nitrogen and oxygen atoms in total. The Bertz CT molecular complexity index is 463. The number of ketones is 1. The summed E-state index contributed by atoms with van der Waals surface area (Å²) in [5.74, 6) is 0.0907. The first-order valence-electron chi connectivity index (χ1n) is 5.39. The van der Waals surface area contributed by atoms with Crippen LogP contribution >= 0.6 is 0 Å². The van der Waals surface area contributed by atoms with Crippen molar-refractivity contribution in [2.45, 2.75) is 6.92 Å². The third-order valence-electron chi connectivity index (χ3n) is 2.63. The molecule has 2 rings (SSSR count). The minimum absolute atomic E-state index is 0.0924. The second kappa shape index (κ2) is 4.75. The summed E-state index contributed by atoms with van der Waals surface area (Å²) in [6.07, 6.45) is 9.89. The minimum atomic E-state index is -0.0924. The van der Waals surface area contributed by atoms with Crippen LogP contribution in [-0.4, -0.2) is 5.78 Å². The van der Waals surface area contributed by atoms with E-state index in [1.165, 1.54) is 0 Å². The SMILES string of the molecule is CC(=O)C1C=CC=CC1=Cc1ccccc1. The molecule has 0 saturated carbocycles. The van der Waals surface area contributed by atoms with Crippen molar-refractivity contribution in [2.75, 3.05) is 0 Å². The van der Waals surface area contributed by atoms with Crippen molar-refractivity contribution in [2.24, 2.45) is 5.92 Å². The molecule has 0 aliphatic heterocycles. The molecule has 0 aromatic heterocycles. The van der Waals surface area contributed by atoms with Gasteiger partial charge in [0.25, 0.3) is 0 Å². The molecule has 0 spiro atoms. The maximum absolute atomic E-state index is 11.5. The number of carbonyl (C=O) groups is 1. The zero-order valence-electron chi connectivity index (χ0n) is 9.26.